The predicted molar refractivity (Wildman–Crippen MR) is 106 cm³/mol. The van der Waals surface area contributed by atoms with Crippen LogP contribution in [-0.4, -0.2) is 24.8 Å². The molecule has 1 fully saturated rings. The normalized spacial score (nSPS) is 18.1. The molecule has 1 aliphatic rings. The van der Waals surface area contributed by atoms with Crippen molar-refractivity contribution in [1.82, 2.24) is 5.43 Å². The van der Waals surface area contributed by atoms with Gasteiger partial charge in [-0.3, -0.25) is 4.79 Å². The lowest BCUT2D eigenvalue weighted by atomic mass is 9.89. The summed E-state index contributed by atoms with van der Waals surface area (Å²) in [4.78, 5) is 12.5. The third-order valence-corrected chi connectivity index (χ3v) is 4.55. The van der Waals surface area contributed by atoms with E-state index in [1.807, 2.05) is 42.5 Å². The van der Waals surface area contributed by atoms with Gasteiger partial charge in [-0.05, 0) is 55.9 Å². The van der Waals surface area contributed by atoms with Crippen LogP contribution < -0.4 is 14.9 Å². The first kappa shape index (κ1) is 19.0. The molecule has 0 aliphatic heterocycles. The van der Waals surface area contributed by atoms with Crippen molar-refractivity contribution >= 4 is 11.6 Å². The minimum Gasteiger partial charge on any atom is -0.490 e. The van der Waals surface area contributed by atoms with Crippen LogP contribution in [0.1, 0.15) is 43.0 Å². The summed E-state index contributed by atoms with van der Waals surface area (Å²) in [6, 6.07) is 16.8. The Labute approximate surface area is 160 Å². The Hall–Kier alpha value is -2.82. The maximum atomic E-state index is 12.5. The average Bonchev–Trinajstić information content (AvgIpc) is 2.70. The van der Waals surface area contributed by atoms with E-state index in [1.165, 1.54) is 6.42 Å². The van der Waals surface area contributed by atoms with Gasteiger partial charge in [0.15, 0.2) is 0 Å². The van der Waals surface area contributed by atoms with Crippen molar-refractivity contribution in [2.45, 2.75) is 32.6 Å². The van der Waals surface area contributed by atoms with Crippen molar-refractivity contribution in [3.8, 4) is 11.5 Å². The Balaban J connectivity index is 1.53. The van der Waals surface area contributed by atoms with Crippen LogP contribution >= 0.6 is 0 Å². The lowest BCUT2D eigenvalue weighted by Crippen LogP contribution is -2.23. The second-order valence-electron chi connectivity index (χ2n) is 6.83. The summed E-state index contributed by atoms with van der Waals surface area (Å²) in [5.41, 5.74) is 4.23. The Morgan fingerprint density at radius 2 is 1.81 bits per heavy atom. The van der Waals surface area contributed by atoms with Gasteiger partial charge in [0, 0.05) is 5.71 Å². The van der Waals surface area contributed by atoms with Crippen LogP contribution in [0.5, 0.6) is 11.5 Å². The fraction of sp³-hybridized carbons (Fsp3) is 0.364. The molecule has 1 atom stereocenters. The first-order valence-electron chi connectivity index (χ1n) is 9.48. The van der Waals surface area contributed by atoms with E-state index >= 15 is 0 Å². The standard InChI is InChI=1S/C22H26N2O3/c1-17-8-7-9-18(16-17)23-24-22(25)20-12-5-6-13-21(20)27-15-14-26-19-10-3-2-4-11-19/h2-6,10-13,17H,7-9,14-16H2,1H3,(H,24,25)/b23-18-/t17-/m1/s1. The van der Waals surface area contributed by atoms with Crippen molar-refractivity contribution in [2.24, 2.45) is 11.0 Å². The van der Waals surface area contributed by atoms with Crippen molar-refractivity contribution in [3.63, 3.8) is 0 Å². The van der Waals surface area contributed by atoms with Gasteiger partial charge in [-0.1, -0.05) is 37.3 Å². The number of hydrazone groups is 1. The van der Waals surface area contributed by atoms with Crippen LogP contribution in [0.2, 0.25) is 0 Å². The highest BCUT2D eigenvalue weighted by Gasteiger charge is 2.16. The van der Waals surface area contributed by atoms with Gasteiger partial charge >= 0.3 is 0 Å². The number of ether oxygens (including phenoxy) is 2. The van der Waals surface area contributed by atoms with Gasteiger partial charge in [-0.25, -0.2) is 5.43 Å². The van der Waals surface area contributed by atoms with Crippen LogP contribution in [-0.2, 0) is 0 Å². The molecule has 0 bridgehead atoms. The van der Waals surface area contributed by atoms with E-state index in [9.17, 15) is 4.79 Å². The molecule has 2 aromatic carbocycles. The predicted octanol–water partition coefficient (Wildman–Crippen LogP) is 4.44. The molecular formula is C22H26N2O3. The summed E-state index contributed by atoms with van der Waals surface area (Å²) in [7, 11) is 0. The molecule has 0 unspecified atom stereocenters. The third-order valence-electron chi connectivity index (χ3n) is 4.55. The van der Waals surface area contributed by atoms with E-state index < -0.39 is 0 Å². The van der Waals surface area contributed by atoms with E-state index in [0.29, 0.717) is 30.4 Å². The maximum absolute atomic E-state index is 12.5. The zero-order valence-electron chi connectivity index (χ0n) is 15.7. The third kappa shape index (κ3) is 5.84. The molecular weight excluding hydrogens is 340 g/mol. The number of rotatable bonds is 7. The summed E-state index contributed by atoms with van der Waals surface area (Å²) >= 11 is 0. The quantitative estimate of drug-likeness (QED) is 0.582. The molecule has 0 radical (unpaired) electrons. The lowest BCUT2D eigenvalue weighted by Gasteiger charge is -2.19. The molecule has 3 rings (SSSR count). The average molecular weight is 366 g/mol. The summed E-state index contributed by atoms with van der Waals surface area (Å²) < 4.78 is 11.4. The highest BCUT2D eigenvalue weighted by molar-refractivity contribution is 5.97. The fourth-order valence-corrected chi connectivity index (χ4v) is 3.16. The van der Waals surface area contributed by atoms with Crippen LogP contribution in [0.15, 0.2) is 59.7 Å². The molecule has 5 heteroatoms. The highest BCUT2D eigenvalue weighted by Crippen LogP contribution is 2.21. The summed E-state index contributed by atoms with van der Waals surface area (Å²) in [6.45, 7) is 2.97. The number of benzene rings is 2. The minimum atomic E-state index is -0.250. The number of para-hydroxylation sites is 2. The van der Waals surface area contributed by atoms with Crippen LogP contribution in [0, 0.1) is 5.92 Å². The number of nitrogens with zero attached hydrogens (tertiary/aromatic N) is 1. The molecule has 1 saturated carbocycles. The first-order chi connectivity index (χ1) is 13.2. The molecule has 1 amide bonds. The van der Waals surface area contributed by atoms with Gasteiger partial charge < -0.3 is 9.47 Å². The molecule has 5 nitrogen and oxygen atoms in total. The first-order valence-corrected chi connectivity index (χ1v) is 9.48. The van der Waals surface area contributed by atoms with E-state index in [-0.39, 0.29) is 5.91 Å². The molecule has 1 N–H and O–H groups in total. The molecule has 0 heterocycles. The van der Waals surface area contributed by atoms with E-state index in [2.05, 4.69) is 17.5 Å². The van der Waals surface area contributed by atoms with Gasteiger partial charge in [0.25, 0.3) is 5.91 Å². The van der Waals surface area contributed by atoms with Crippen molar-refractivity contribution in [2.75, 3.05) is 13.2 Å². The molecule has 2 aromatic rings. The van der Waals surface area contributed by atoms with Crippen LogP contribution in [0.3, 0.4) is 0 Å². The van der Waals surface area contributed by atoms with E-state index in [0.717, 1.165) is 30.7 Å². The highest BCUT2D eigenvalue weighted by atomic mass is 16.5. The van der Waals surface area contributed by atoms with Gasteiger partial charge in [0.05, 0.1) is 5.56 Å². The van der Waals surface area contributed by atoms with Crippen LogP contribution in [0.25, 0.3) is 0 Å². The second kappa shape index (κ2) is 9.76. The van der Waals surface area contributed by atoms with Gasteiger partial charge in [0.1, 0.15) is 24.7 Å². The monoisotopic (exact) mass is 366 g/mol. The van der Waals surface area contributed by atoms with Gasteiger partial charge in [-0.2, -0.15) is 5.10 Å². The minimum absolute atomic E-state index is 0.250. The number of carbonyl (C=O) groups is 1. The SMILES string of the molecule is C[C@@H]1CCC/C(=N/NC(=O)c2ccccc2OCCOc2ccccc2)C1. The number of amides is 1. The second-order valence-corrected chi connectivity index (χ2v) is 6.83. The number of hydrogen-bond acceptors (Lipinski definition) is 4. The van der Waals surface area contributed by atoms with E-state index in [1.54, 1.807) is 12.1 Å². The topological polar surface area (TPSA) is 59.9 Å². The Morgan fingerprint density at radius 3 is 2.63 bits per heavy atom. The zero-order valence-corrected chi connectivity index (χ0v) is 15.7. The summed E-state index contributed by atoms with van der Waals surface area (Å²) in [6.07, 6.45) is 4.28. The maximum Gasteiger partial charge on any atom is 0.275 e. The molecule has 0 saturated heterocycles. The van der Waals surface area contributed by atoms with E-state index in [4.69, 9.17) is 9.47 Å². The summed E-state index contributed by atoms with van der Waals surface area (Å²) in [5.74, 6) is 1.71. The molecule has 0 spiro atoms. The number of hydrogen-bond donors (Lipinski definition) is 1. The summed E-state index contributed by atoms with van der Waals surface area (Å²) in [5, 5.41) is 4.32. The molecule has 27 heavy (non-hydrogen) atoms. The van der Waals surface area contributed by atoms with Crippen molar-refractivity contribution in [3.05, 3.63) is 60.2 Å². The van der Waals surface area contributed by atoms with Gasteiger partial charge in [0.2, 0.25) is 0 Å². The van der Waals surface area contributed by atoms with Crippen molar-refractivity contribution in [1.29, 1.82) is 0 Å². The zero-order chi connectivity index (χ0) is 18.9. The van der Waals surface area contributed by atoms with Crippen LogP contribution in [0.4, 0.5) is 0 Å². The number of carbonyl (C=O) groups excluding carboxylic acids is 1. The Kier molecular flexibility index (Phi) is 6.85. The molecule has 1 aliphatic carbocycles. The smallest absolute Gasteiger partial charge is 0.275 e. The molecule has 142 valence electrons. The largest absolute Gasteiger partial charge is 0.490 e. The molecule has 0 aromatic heterocycles. The lowest BCUT2D eigenvalue weighted by molar-refractivity contribution is 0.0949. The number of nitrogens with one attached hydrogen (secondary N) is 1. The fourth-order valence-electron chi connectivity index (χ4n) is 3.16. The Morgan fingerprint density at radius 1 is 1.07 bits per heavy atom. The van der Waals surface area contributed by atoms with Gasteiger partial charge in [-0.15, -0.1) is 0 Å². The van der Waals surface area contributed by atoms with Crippen molar-refractivity contribution < 1.29 is 14.3 Å². The Bertz CT molecular complexity index is 774.